The molecule has 0 aliphatic carbocycles. The van der Waals surface area contributed by atoms with Crippen molar-refractivity contribution in [1.82, 2.24) is 15.2 Å². The van der Waals surface area contributed by atoms with Gasteiger partial charge < -0.3 is 15.2 Å². The molecule has 2 N–H and O–H groups in total. The van der Waals surface area contributed by atoms with Crippen LogP contribution in [0.3, 0.4) is 0 Å². The Kier molecular flexibility index (Phi) is 6.16. The van der Waals surface area contributed by atoms with Crippen molar-refractivity contribution in [2.24, 2.45) is 0 Å². The van der Waals surface area contributed by atoms with Crippen molar-refractivity contribution >= 4 is 12.2 Å². The van der Waals surface area contributed by atoms with E-state index in [0.29, 0.717) is 6.54 Å². The number of likely N-dealkylation sites (N-methyl/N-ethyl adjacent to an activating group) is 1. The number of hydrogen-bond donors (Lipinski definition) is 2. The van der Waals surface area contributed by atoms with Crippen LogP contribution in [0.25, 0.3) is 0 Å². The average molecular weight is 319 g/mol. The topological polar surface area (TPSA) is 65.2 Å². The normalized spacial score (nSPS) is 11.8. The number of halogens is 3. The first-order chi connectivity index (χ1) is 10.3. The first-order valence-corrected chi connectivity index (χ1v) is 7.01. The molecule has 0 aromatic carbocycles. The summed E-state index contributed by atoms with van der Waals surface area (Å²) >= 11 is 0. The van der Waals surface area contributed by atoms with Crippen LogP contribution >= 0.6 is 0 Å². The van der Waals surface area contributed by atoms with E-state index in [2.05, 4.69) is 10.3 Å². The van der Waals surface area contributed by atoms with E-state index in [9.17, 15) is 22.8 Å². The number of amides is 1. The molecule has 0 atom stereocenters. The monoisotopic (exact) mass is 319 g/mol. The highest BCUT2D eigenvalue weighted by molar-refractivity contribution is 5.99. The van der Waals surface area contributed by atoms with Crippen LogP contribution in [-0.4, -0.2) is 48.3 Å². The van der Waals surface area contributed by atoms with Crippen LogP contribution in [0.5, 0.6) is 0 Å². The lowest BCUT2D eigenvalue weighted by atomic mass is 10.1. The number of carbonyl (C=O) groups is 2. The molecule has 124 valence electrons. The maximum atomic E-state index is 13.1. The van der Waals surface area contributed by atoms with Crippen molar-refractivity contribution in [3.8, 4) is 0 Å². The van der Waals surface area contributed by atoms with E-state index < -0.39 is 28.9 Å². The van der Waals surface area contributed by atoms with Crippen LogP contribution in [-0.2, 0) is 6.18 Å². The second-order valence-electron chi connectivity index (χ2n) is 4.81. The lowest BCUT2D eigenvalue weighted by molar-refractivity contribution is -0.138. The van der Waals surface area contributed by atoms with Gasteiger partial charge in [0.15, 0.2) is 6.29 Å². The van der Waals surface area contributed by atoms with Crippen molar-refractivity contribution in [2.75, 3.05) is 26.2 Å². The van der Waals surface area contributed by atoms with E-state index in [1.807, 2.05) is 18.7 Å². The lowest BCUT2D eigenvalue weighted by Crippen LogP contribution is -2.35. The molecule has 1 heterocycles. The summed E-state index contributed by atoms with van der Waals surface area (Å²) in [6.07, 6.45) is -4.70. The van der Waals surface area contributed by atoms with Gasteiger partial charge >= 0.3 is 6.18 Å². The van der Waals surface area contributed by atoms with Gasteiger partial charge in [-0.2, -0.15) is 13.2 Å². The van der Waals surface area contributed by atoms with Gasteiger partial charge in [0.05, 0.1) is 16.8 Å². The molecule has 1 amide bonds. The molecule has 0 saturated carbocycles. The second-order valence-corrected chi connectivity index (χ2v) is 4.81. The summed E-state index contributed by atoms with van der Waals surface area (Å²) in [6.45, 7) is 7.61. The number of carbonyl (C=O) groups excluding carboxylic acids is 2. The molecule has 0 spiro atoms. The fourth-order valence-corrected chi connectivity index (χ4v) is 2.27. The molecule has 5 nitrogen and oxygen atoms in total. The Morgan fingerprint density at radius 2 is 1.91 bits per heavy atom. The molecular weight excluding hydrogens is 299 g/mol. The maximum Gasteiger partial charge on any atom is 0.419 e. The molecule has 22 heavy (non-hydrogen) atoms. The summed E-state index contributed by atoms with van der Waals surface area (Å²) < 4.78 is 39.2. The highest BCUT2D eigenvalue weighted by Gasteiger charge is 2.40. The molecule has 1 rings (SSSR count). The summed E-state index contributed by atoms with van der Waals surface area (Å²) in [7, 11) is 0. The number of aldehydes is 1. The number of alkyl halides is 3. The number of aryl methyl sites for hydroxylation is 1. The maximum absolute atomic E-state index is 13.1. The second kappa shape index (κ2) is 7.44. The Bertz CT molecular complexity index is 534. The average Bonchev–Trinajstić information content (AvgIpc) is 2.80. The molecule has 0 fully saturated rings. The van der Waals surface area contributed by atoms with Gasteiger partial charge in [0.2, 0.25) is 0 Å². The SMILES string of the molecule is CCN(CC)CCNC(=O)c1c(C)[nH]c(C=O)c1C(F)(F)F. The van der Waals surface area contributed by atoms with Gasteiger partial charge in [-0.05, 0) is 20.0 Å². The largest absolute Gasteiger partial charge is 0.419 e. The molecule has 8 heteroatoms. The molecule has 1 aromatic rings. The van der Waals surface area contributed by atoms with E-state index in [1.54, 1.807) is 0 Å². The van der Waals surface area contributed by atoms with Gasteiger partial charge in [-0.3, -0.25) is 9.59 Å². The fourth-order valence-electron chi connectivity index (χ4n) is 2.27. The summed E-state index contributed by atoms with van der Waals surface area (Å²) in [5, 5.41) is 2.47. The Morgan fingerprint density at radius 1 is 1.32 bits per heavy atom. The van der Waals surface area contributed by atoms with Gasteiger partial charge in [-0.15, -0.1) is 0 Å². The molecule has 0 radical (unpaired) electrons. The summed E-state index contributed by atoms with van der Waals surface area (Å²) in [6, 6.07) is 0. The first kappa shape index (κ1) is 18.2. The van der Waals surface area contributed by atoms with E-state index in [-0.39, 0.29) is 18.5 Å². The highest BCUT2D eigenvalue weighted by atomic mass is 19.4. The molecule has 0 unspecified atom stereocenters. The molecule has 0 aliphatic rings. The Balaban J connectivity index is 2.94. The summed E-state index contributed by atoms with van der Waals surface area (Å²) in [5.74, 6) is -0.832. The molecular formula is C14H20F3N3O2. The van der Waals surface area contributed by atoms with E-state index >= 15 is 0 Å². The highest BCUT2D eigenvalue weighted by Crippen LogP contribution is 2.35. The molecule has 0 saturated heterocycles. The van der Waals surface area contributed by atoms with Crippen LogP contribution in [0.2, 0.25) is 0 Å². The van der Waals surface area contributed by atoms with Crippen LogP contribution in [0, 0.1) is 6.92 Å². The Hall–Kier alpha value is -1.83. The van der Waals surface area contributed by atoms with Crippen LogP contribution < -0.4 is 5.32 Å². The van der Waals surface area contributed by atoms with Crippen molar-refractivity contribution in [3.63, 3.8) is 0 Å². The number of hydrogen-bond acceptors (Lipinski definition) is 3. The predicted octanol–water partition coefficient (Wildman–Crippen LogP) is 2.23. The van der Waals surface area contributed by atoms with Crippen LogP contribution in [0.15, 0.2) is 0 Å². The Labute approximate surface area is 126 Å². The lowest BCUT2D eigenvalue weighted by Gasteiger charge is -2.18. The van der Waals surface area contributed by atoms with Crippen molar-refractivity contribution in [2.45, 2.75) is 26.9 Å². The van der Waals surface area contributed by atoms with Gasteiger partial charge in [0, 0.05) is 18.8 Å². The predicted molar refractivity (Wildman–Crippen MR) is 76.0 cm³/mol. The van der Waals surface area contributed by atoms with Crippen molar-refractivity contribution in [3.05, 3.63) is 22.5 Å². The van der Waals surface area contributed by atoms with Crippen molar-refractivity contribution in [1.29, 1.82) is 0 Å². The number of aromatic nitrogens is 1. The third-order valence-electron chi connectivity index (χ3n) is 3.45. The number of H-pyrrole nitrogens is 1. The third kappa shape index (κ3) is 4.09. The van der Waals surface area contributed by atoms with E-state index in [1.165, 1.54) is 6.92 Å². The first-order valence-electron chi connectivity index (χ1n) is 7.01. The zero-order chi connectivity index (χ0) is 16.9. The smallest absolute Gasteiger partial charge is 0.355 e. The van der Waals surface area contributed by atoms with Gasteiger partial charge in [-0.25, -0.2) is 0 Å². The summed E-state index contributed by atoms with van der Waals surface area (Å²) in [5.41, 5.74) is -2.33. The third-order valence-corrected chi connectivity index (χ3v) is 3.45. The van der Waals surface area contributed by atoms with Gasteiger partial charge in [0.25, 0.3) is 5.91 Å². The fraction of sp³-hybridized carbons (Fsp3) is 0.571. The van der Waals surface area contributed by atoms with Crippen LogP contribution in [0.1, 0.15) is 46.0 Å². The van der Waals surface area contributed by atoms with E-state index in [0.717, 1.165) is 13.1 Å². The minimum atomic E-state index is -4.77. The molecule has 0 bridgehead atoms. The number of rotatable bonds is 7. The standard InChI is InChI=1S/C14H20F3N3O2/c1-4-20(5-2)7-6-18-13(22)11-9(3)19-10(8-21)12(11)14(15,16)17/h8,19H,4-7H2,1-3H3,(H,18,22). The zero-order valence-electron chi connectivity index (χ0n) is 12.8. The van der Waals surface area contributed by atoms with E-state index in [4.69, 9.17) is 0 Å². The quantitative estimate of drug-likeness (QED) is 0.758. The van der Waals surface area contributed by atoms with Crippen molar-refractivity contribution < 1.29 is 22.8 Å². The molecule has 0 aliphatic heterocycles. The number of aromatic amines is 1. The van der Waals surface area contributed by atoms with Crippen LogP contribution in [0.4, 0.5) is 13.2 Å². The minimum absolute atomic E-state index is 0.0229. The van der Waals surface area contributed by atoms with Gasteiger partial charge in [0.1, 0.15) is 0 Å². The molecule has 1 aromatic heterocycles. The number of nitrogens with zero attached hydrogens (tertiary/aromatic N) is 1. The Morgan fingerprint density at radius 3 is 2.36 bits per heavy atom. The number of nitrogens with one attached hydrogen (secondary N) is 2. The minimum Gasteiger partial charge on any atom is -0.355 e. The summed E-state index contributed by atoms with van der Waals surface area (Å²) in [4.78, 5) is 27.2. The van der Waals surface area contributed by atoms with Gasteiger partial charge in [-0.1, -0.05) is 13.8 Å². The zero-order valence-corrected chi connectivity index (χ0v) is 12.8.